The normalized spacial score (nSPS) is 12.9. The van der Waals surface area contributed by atoms with Crippen molar-refractivity contribution in [2.24, 2.45) is 5.73 Å². The Hall–Kier alpha value is -1.58. The molecule has 0 aliphatic rings. The maximum atomic E-state index is 9.34. The first kappa shape index (κ1) is 10.9. The molecule has 0 spiro atoms. The Kier molecular flexibility index (Phi) is 3.08. The van der Waals surface area contributed by atoms with Crippen LogP contribution in [0.3, 0.4) is 0 Å². The van der Waals surface area contributed by atoms with E-state index in [2.05, 4.69) is 0 Å². The third-order valence-corrected chi connectivity index (χ3v) is 2.72. The molecule has 0 aliphatic heterocycles. The lowest BCUT2D eigenvalue weighted by Crippen LogP contribution is -2.11. The number of rotatable bonds is 3. The zero-order chi connectivity index (χ0) is 11.5. The van der Waals surface area contributed by atoms with Crippen LogP contribution in [-0.2, 0) is 0 Å². The standard InChI is InChI=1S/C13H15NO2/c14-13(5-6-15)11-2-1-10-8-12(16)4-3-9(10)7-11/h1-4,7-8,13,15-16H,5-6,14H2/t13-/m0/s1. The molecule has 0 saturated heterocycles. The zero-order valence-corrected chi connectivity index (χ0v) is 8.93. The Morgan fingerprint density at radius 3 is 2.50 bits per heavy atom. The van der Waals surface area contributed by atoms with Gasteiger partial charge in [-0.2, -0.15) is 0 Å². The minimum Gasteiger partial charge on any atom is -0.508 e. The van der Waals surface area contributed by atoms with Crippen molar-refractivity contribution in [1.82, 2.24) is 0 Å². The van der Waals surface area contributed by atoms with E-state index < -0.39 is 0 Å². The van der Waals surface area contributed by atoms with Crippen LogP contribution in [0.1, 0.15) is 18.0 Å². The van der Waals surface area contributed by atoms with Gasteiger partial charge in [0, 0.05) is 12.6 Å². The molecule has 2 aromatic rings. The second-order valence-electron chi connectivity index (χ2n) is 3.91. The number of phenols is 1. The average molecular weight is 217 g/mol. The summed E-state index contributed by atoms with van der Waals surface area (Å²) in [6.45, 7) is 0.0920. The average Bonchev–Trinajstić information content (AvgIpc) is 2.28. The van der Waals surface area contributed by atoms with Crippen molar-refractivity contribution in [3.05, 3.63) is 42.0 Å². The summed E-state index contributed by atoms with van der Waals surface area (Å²) in [6.07, 6.45) is 0.559. The molecule has 2 aromatic carbocycles. The largest absolute Gasteiger partial charge is 0.508 e. The fourth-order valence-corrected chi connectivity index (χ4v) is 1.79. The number of hydrogen-bond acceptors (Lipinski definition) is 3. The van der Waals surface area contributed by atoms with E-state index in [1.165, 1.54) is 0 Å². The molecule has 0 unspecified atom stereocenters. The molecule has 0 saturated carbocycles. The highest BCUT2D eigenvalue weighted by Gasteiger charge is 2.05. The molecule has 0 aliphatic carbocycles. The first-order valence-corrected chi connectivity index (χ1v) is 5.30. The summed E-state index contributed by atoms with van der Waals surface area (Å²) < 4.78 is 0. The van der Waals surface area contributed by atoms with Gasteiger partial charge in [0.1, 0.15) is 5.75 Å². The van der Waals surface area contributed by atoms with Crippen molar-refractivity contribution in [1.29, 1.82) is 0 Å². The Bertz CT molecular complexity index is 496. The van der Waals surface area contributed by atoms with Gasteiger partial charge >= 0.3 is 0 Å². The van der Waals surface area contributed by atoms with Gasteiger partial charge in [0.05, 0.1) is 0 Å². The van der Waals surface area contributed by atoms with Crippen molar-refractivity contribution < 1.29 is 10.2 Å². The predicted octanol–water partition coefficient (Wildman–Crippen LogP) is 1.93. The minimum absolute atomic E-state index is 0.0920. The number of phenolic OH excluding ortho intramolecular Hbond substituents is 1. The number of aromatic hydroxyl groups is 1. The van der Waals surface area contributed by atoms with Crippen molar-refractivity contribution in [3.8, 4) is 5.75 Å². The number of benzene rings is 2. The third-order valence-electron chi connectivity index (χ3n) is 2.72. The molecular weight excluding hydrogens is 202 g/mol. The molecule has 16 heavy (non-hydrogen) atoms. The molecule has 2 rings (SSSR count). The van der Waals surface area contributed by atoms with Crippen LogP contribution in [0.15, 0.2) is 36.4 Å². The van der Waals surface area contributed by atoms with Gasteiger partial charge in [0.25, 0.3) is 0 Å². The fraction of sp³-hybridized carbons (Fsp3) is 0.231. The van der Waals surface area contributed by atoms with Crippen molar-refractivity contribution >= 4 is 10.8 Å². The molecule has 0 bridgehead atoms. The van der Waals surface area contributed by atoms with Gasteiger partial charge in [-0.15, -0.1) is 0 Å². The van der Waals surface area contributed by atoms with E-state index in [0.29, 0.717) is 6.42 Å². The molecule has 0 heterocycles. The third kappa shape index (κ3) is 2.15. The second-order valence-corrected chi connectivity index (χ2v) is 3.91. The van der Waals surface area contributed by atoms with E-state index in [0.717, 1.165) is 16.3 Å². The SMILES string of the molecule is N[C@@H](CCO)c1ccc2cc(O)ccc2c1. The number of aliphatic hydroxyl groups is 1. The summed E-state index contributed by atoms with van der Waals surface area (Å²) in [4.78, 5) is 0. The van der Waals surface area contributed by atoms with Gasteiger partial charge in [-0.05, 0) is 41.0 Å². The van der Waals surface area contributed by atoms with E-state index >= 15 is 0 Å². The highest BCUT2D eigenvalue weighted by atomic mass is 16.3. The lowest BCUT2D eigenvalue weighted by atomic mass is 10.0. The van der Waals surface area contributed by atoms with Gasteiger partial charge in [-0.3, -0.25) is 0 Å². The van der Waals surface area contributed by atoms with Crippen LogP contribution in [0, 0.1) is 0 Å². The van der Waals surface area contributed by atoms with Crippen LogP contribution < -0.4 is 5.73 Å². The number of nitrogens with two attached hydrogens (primary N) is 1. The second kappa shape index (κ2) is 4.51. The summed E-state index contributed by atoms with van der Waals surface area (Å²) >= 11 is 0. The van der Waals surface area contributed by atoms with Crippen molar-refractivity contribution in [3.63, 3.8) is 0 Å². The Morgan fingerprint density at radius 2 is 1.75 bits per heavy atom. The molecule has 84 valence electrons. The fourth-order valence-electron chi connectivity index (χ4n) is 1.79. The maximum Gasteiger partial charge on any atom is 0.116 e. The van der Waals surface area contributed by atoms with Crippen LogP contribution in [0.4, 0.5) is 0 Å². The Balaban J connectivity index is 2.40. The molecule has 1 atom stereocenters. The summed E-state index contributed by atoms with van der Waals surface area (Å²) in [5.41, 5.74) is 6.92. The highest BCUT2D eigenvalue weighted by Crippen LogP contribution is 2.23. The quantitative estimate of drug-likeness (QED) is 0.736. The van der Waals surface area contributed by atoms with Crippen molar-refractivity contribution in [2.75, 3.05) is 6.61 Å². The van der Waals surface area contributed by atoms with Gasteiger partial charge in [0.15, 0.2) is 0 Å². The summed E-state index contributed by atoms with van der Waals surface area (Å²) in [7, 11) is 0. The summed E-state index contributed by atoms with van der Waals surface area (Å²) in [6, 6.07) is 11.0. The molecule has 0 fully saturated rings. The summed E-state index contributed by atoms with van der Waals surface area (Å²) in [5.74, 6) is 0.264. The van der Waals surface area contributed by atoms with Crippen LogP contribution >= 0.6 is 0 Å². The molecule has 3 nitrogen and oxygen atoms in total. The van der Waals surface area contributed by atoms with E-state index in [1.807, 2.05) is 24.3 Å². The summed E-state index contributed by atoms with van der Waals surface area (Å²) in [5, 5.41) is 20.2. The Morgan fingerprint density at radius 1 is 1.06 bits per heavy atom. The first-order valence-electron chi connectivity index (χ1n) is 5.30. The van der Waals surface area contributed by atoms with Crippen LogP contribution in [0.2, 0.25) is 0 Å². The van der Waals surface area contributed by atoms with Gasteiger partial charge in [0.2, 0.25) is 0 Å². The molecule has 0 amide bonds. The van der Waals surface area contributed by atoms with E-state index in [-0.39, 0.29) is 18.4 Å². The molecular formula is C13H15NO2. The van der Waals surface area contributed by atoms with Gasteiger partial charge < -0.3 is 15.9 Å². The van der Waals surface area contributed by atoms with Gasteiger partial charge in [-0.1, -0.05) is 18.2 Å². The molecule has 4 N–H and O–H groups in total. The number of fused-ring (bicyclic) bond motifs is 1. The maximum absolute atomic E-state index is 9.34. The highest BCUT2D eigenvalue weighted by molar-refractivity contribution is 5.84. The monoisotopic (exact) mass is 217 g/mol. The topological polar surface area (TPSA) is 66.5 Å². The van der Waals surface area contributed by atoms with E-state index in [1.54, 1.807) is 12.1 Å². The van der Waals surface area contributed by atoms with Crippen LogP contribution in [0.5, 0.6) is 5.75 Å². The van der Waals surface area contributed by atoms with E-state index in [9.17, 15) is 5.11 Å². The smallest absolute Gasteiger partial charge is 0.116 e. The molecule has 3 heteroatoms. The van der Waals surface area contributed by atoms with Gasteiger partial charge in [-0.25, -0.2) is 0 Å². The number of hydrogen-bond donors (Lipinski definition) is 3. The van der Waals surface area contributed by atoms with Crippen molar-refractivity contribution in [2.45, 2.75) is 12.5 Å². The molecule has 0 radical (unpaired) electrons. The minimum atomic E-state index is -0.136. The van der Waals surface area contributed by atoms with Crippen LogP contribution in [-0.4, -0.2) is 16.8 Å². The zero-order valence-electron chi connectivity index (χ0n) is 8.93. The van der Waals surface area contributed by atoms with E-state index in [4.69, 9.17) is 10.8 Å². The Labute approximate surface area is 94.1 Å². The lowest BCUT2D eigenvalue weighted by Gasteiger charge is -2.11. The predicted molar refractivity (Wildman–Crippen MR) is 64.2 cm³/mol. The number of aliphatic hydroxyl groups excluding tert-OH is 1. The first-order chi connectivity index (χ1) is 7.70. The lowest BCUT2D eigenvalue weighted by molar-refractivity contribution is 0.276. The molecule has 0 aromatic heterocycles. The van der Waals surface area contributed by atoms with Crippen LogP contribution in [0.25, 0.3) is 10.8 Å².